The van der Waals surface area contributed by atoms with Gasteiger partial charge >= 0.3 is 0 Å². The van der Waals surface area contributed by atoms with Gasteiger partial charge in [0.25, 0.3) is 0 Å². The Kier molecular flexibility index (Phi) is 3.81. The van der Waals surface area contributed by atoms with Gasteiger partial charge in [-0.3, -0.25) is 0 Å². The molecular formula is C15H20N4. The highest BCUT2D eigenvalue weighted by molar-refractivity contribution is 5.44. The lowest BCUT2D eigenvalue weighted by molar-refractivity contribution is 0.924. The van der Waals surface area contributed by atoms with Crippen LogP contribution in [0.3, 0.4) is 0 Å². The van der Waals surface area contributed by atoms with Crippen molar-refractivity contribution in [1.82, 2.24) is 9.97 Å². The largest absolute Gasteiger partial charge is 0.308 e. The van der Waals surface area contributed by atoms with Gasteiger partial charge in [-0.15, -0.1) is 0 Å². The number of rotatable bonds is 3. The van der Waals surface area contributed by atoms with Gasteiger partial charge < -0.3 is 5.43 Å². The normalized spacial score (nSPS) is 10.6. The Morgan fingerprint density at radius 1 is 1.05 bits per heavy atom. The molecule has 0 atom stereocenters. The van der Waals surface area contributed by atoms with Gasteiger partial charge in [-0.05, 0) is 44.4 Å². The summed E-state index contributed by atoms with van der Waals surface area (Å²) in [5.74, 6) is 6.98. The monoisotopic (exact) mass is 256 g/mol. The van der Waals surface area contributed by atoms with Crippen LogP contribution in [0.5, 0.6) is 0 Å². The highest BCUT2D eigenvalue weighted by Crippen LogP contribution is 2.17. The van der Waals surface area contributed by atoms with Crippen molar-refractivity contribution < 1.29 is 0 Å². The fraction of sp³-hybridized carbons (Fsp3) is 0.333. The van der Waals surface area contributed by atoms with Gasteiger partial charge in [0.2, 0.25) is 0 Å². The van der Waals surface area contributed by atoms with Crippen molar-refractivity contribution in [2.75, 3.05) is 5.43 Å². The van der Waals surface area contributed by atoms with E-state index in [-0.39, 0.29) is 0 Å². The van der Waals surface area contributed by atoms with E-state index in [1.165, 1.54) is 16.7 Å². The first-order chi connectivity index (χ1) is 9.01. The van der Waals surface area contributed by atoms with Gasteiger partial charge in [0, 0.05) is 17.7 Å². The number of nitrogens with one attached hydrogen (secondary N) is 1. The molecule has 0 spiro atoms. The lowest BCUT2D eigenvalue weighted by Gasteiger charge is -2.10. The van der Waals surface area contributed by atoms with Crippen LogP contribution in [0.1, 0.15) is 33.8 Å². The van der Waals surface area contributed by atoms with E-state index in [0.717, 1.165) is 23.5 Å². The van der Waals surface area contributed by atoms with Gasteiger partial charge in [0.1, 0.15) is 11.6 Å². The zero-order valence-electron chi connectivity index (χ0n) is 11.9. The summed E-state index contributed by atoms with van der Waals surface area (Å²) in [5.41, 5.74) is 8.39. The summed E-state index contributed by atoms with van der Waals surface area (Å²) < 4.78 is 0. The first kappa shape index (κ1) is 13.5. The molecule has 2 rings (SSSR count). The van der Waals surface area contributed by atoms with E-state index in [1.54, 1.807) is 0 Å². The fourth-order valence-electron chi connectivity index (χ4n) is 2.00. The number of aryl methyl sites for hydroxylation is 3. The second-order valence-electron chi connectivity index (χ2n) is 4.94. The van der Waals surface area contributed by atoms with Crippen molar-refractivity contribution in [3.05, 3.63) is 52.0 Å². The quantitative estimate of drug-likeness (QED) is 0.654. The summed E-state index contributed by atoms with van der Waals surface area (Å²) >= 11 is 0. The second-order valence-corrected chi connectivity index (χ2v) is 4.94. The molecule has 1 aromatic heterocycles. The third-order valence-corrected chi connectivity index (χ3v) is 3.51. The number of hydrogen-bond acceptors (Lipinski definition) is 4. The van der Waals surface area contributed by atoms with Crippen LogP contribution < -0.4 is 11.3 Å². The molecule has 3 N–H and O–H groups in total. The molecule has 0 radical (unpaired) electrons. The van der Waals surface area contributed by atoms with E-state index in [1.807, 2.05) is 13.8 Å². The van der Waals surface area contributed by atoms with Gasteiger partial charge in [-0.1, -0.05) is 18.2 Å². The van der Waals surface area contributed by atoms with Gasteiger partial charge in [0.05, 0.1) is 0 Å². The molecule has 0 aliphatic rings. The number of hydrogen-bond donors (Lipinski definition) is 2. The Morgan fingerprint density at radius 2 is 1.79 bits per heavy atom. The average molecular weight is 256 g/mol. The summed E-state index contributed by atoms with van der Waals surface area (Å²) in [7, 11) is 0. The smallest absolute Gasteiger partial charge is 0.146 e. The number of nitrogens with zero attached hydrogens (tertiary/aromatic N) is 2. The molecule has 100 valence electrons. The molecule has 1 heterocycles. The van der Waals surface area contributed by atoms with Gasteiger partial charge in [-0.2, -0.15) is 0 Å². The summed E-state index contributed by atoms with van der Waals surface area (Å²) in [6.45, 7) is 8.17. The number of anilines is 1. The van der Waals surface area contributed by atoms with Crippen LogP contribution in [0.25, 0.3) is 0 Å². The Hall–Kier alpha value is -1.94. The summed E-state index contributed by atoms with van der Waals surface area (Å²) in [6, 6.07) is 6.44. The molecule has 0 bridgehead atoms. The average Bonchev–Trinajstić information content (AvgIpc) is 2.38. The standard InChI is InChI=1S/C15H20N4/c1-9-5-6-13(7-10(9)2)8-14-17-12(4)11(3)15(18-14)19-16/h5-7H,8,16H2,1-4H3,(H,17,18,19). The Bertz CT molecular complexity index is 605. The lowest BCUT2D eigenvalue weighted by atomic mass is 10.0. The van der Waals surface area contributed by atoms with Crippen LogP contribution in [0.15, 0.2) is 18.2 Å². The maximum Gasteiger partial charge on any atom is 0.146 e. The molecule has 4 nitrogen and oxygen atoms in total. The Morgan fingerprint density at radius 3 is 2.42 bits per heavy atom. The topological polar surface area (TPSA) is 63.8 Å². The number of hydrazine groups is 1. The van der Waals surface area contributed by atoms with Crippen LogP contribution in [-0.2, 0) is 6.42 Å². The van der Waals surface area contributed by atoms with Crippen molar-refractivity contribution >= 4 is 5.82 Å². The SMILES string of the molecule is Cc1ccc(Cc2nc(C)c(C)c(NN)n2)cc1C. The van der Waals surface area contributed by atoms with Crippen molar-refractivity contribution in [2.24, 2.45) is 5.84 Å². The third-order valence-electron chi connectivity index (χ3n) is 3.51. The molecule has 0 fully saturated rings. The molecule has 0 amide bonds. The van der Waals surface area contributed by atoms with E-state index < -0.39 is 0 Å². The minimum absolute atomic E-state index is 0.700. The minimum Gasteiger partial charge on any atom is -0.308 e. The zero-order valence-corrected chi connectivity index (χ0v) is 11.9. The molecule has 19 heavy (non-hydrogen) atoms. The predicted octanol–water partition coefficient (Wildman–Crippen LogP) is 2.59. The van der Waals surface area contributed by atoms with Crippen molar-refractivity contribution in [2.45, 2.75) is 34.1 Å². The van der Waals surface area contributed by atoms with E-state index >= 15 is 0 Å². The molecule has 0 saturated carbocycles. The molecule has 1 aromatic carbocycles. The van der Waals surface area contributed by atoms with E-state index in [0.29, 0.717) is 5.82 Å². The lowest BCUT2D eigenvalue weighted by Crippen LogP contribution is -2.13. The number of nitrogens with two attached hydrogens (primary N) is 1. The molecule has 0 saturated heterocycles. The first-order valence-electron chi connectivity index (χ1n) is 6.38. The summed E-state index contributed by atoms with van der Waals surface area (Å²) in [6.07, 6.45) is 0.719. The van der Waals surface area contributed by atoms with Crippen molar-refractivity contribution in [1.29, 1.82) is 0 Å². The molecule has 0 aliphatic carbocycles. The Balaban J connectivity index is 2.32. The van der Waals surface area contributed by atoms with Gasteiger partial charge in [0.15, 0.2) is 0 Å². The Labute approximate surface area is 114 Å². The van der Waals surface area contributed by atoms with E-state index in [9.17, 15) is 0 Å². The molecule has 0 aliphatic heterocycles. The fourth-order valence-corrected chi connectivity index (χ4v) is 2.00. The van der Waals surface area contributed by atoms with Crippen LogP contribution in [0.2, 0.25) is 0 Å². The summed E-state index contributed by atoms with van der Waals surface area (Å²) in [5, 5.41) is 0. The predicted molar refractivity (Wildman–Crippen MR) is 78.0 cm³/mol. The molecular weight excluding hydrogens is 236 g/mol. The third kappa shape index (κ3) is 2.90. The van der Waals surface area contributed by atoms with Crippen molar-refractivity contribution in [3.63, 3.8) is 0 Å². The highest BCUT2D eigenvalue weighted by Gasteiger charge is 2.08. The highest BCUT2D eigenvalue weighted by atomic mass is 15.3. The maximum absolute atomic E-state index is 5.49. The van der Waals surface area contributed by atoms with E-state index in [4.69, 9.17) is 5.84 Å². The van der Waals surface area contributed by atoms with Crippen LogP contribution in [-0.4, -0.2) is 9.97 Å². The number of benzene rings is 1. The van der Waals surface area contributed by atoms with Crippen molar-refractivity contribution in [3.8, 4) is 0 Å². The van der Waals surface area contributed by atoms with E-state index in [2.05, 4.69) is 47.4 Å². The molecule has 0 unspecified atom stereocenters. The minimum atomic E-state index is 0.700. The first-order valence-corrected chi connectivity index (χ1v) is 6.38. The maximum atomic E-state index is 5.49. The van der Waals surface area contributed by atoms with Crippen LogP contribution >= 0.6 is 0 Å². The van der Waals surface area contributed by atoms with Crippen LogP contribution in [0, 0.1) is 27.7 Å². The van der Waals surface area contributed by atoms with Gasteiger partial charge in [-0.25, -0.2) is 15.8 Å². The summed E-state index contributed by atoms with van der Waals surface area (Å²) in [4.78, 5) is 8.97. The molecule has 4 heteroatoms. The molecule has 2 aromatic rings. The number of nitrogen functional groups attached to an aromatic ring is 1. The second kappa shape index (κ2) is 5.36. The zero-order chi connectivity index (χ0) is 14.0. The van der Waals surface area contributed by atoms with Crippen LogP contribution in [0.4, 0.5) is 5.82 Å². The number of aromatic nitrogens is 2.